The predicted octanol–water partition coefficient (Wildman–Crippen LogP) is 2.36. The zero-order valence-electron chi connectivity index (χ0n) is 10.5. The van der Waals surface area contributed by atoms with Gasteiger partial charge in [0.15, 0.2) is 0 Å². The quantitative estimate of drug-likeness (QED) is 0.780. The van der Waals surface area contributed by atoms with Crippen molar-refractivity contribution in [2.45, 2.75) is 50.8 Å². The first-order chi connectivity index (χ1) is 7.45. The summed E-state index contributed by atoms with van der Waals surface area (Å²) in [4.78, 5) is 11.0. The summed E-state index contributed by atoms with van der Waals surface area (Å²) < 4.78 is 0. The van der Waals surface area contributed by atoms with Crippen molar-refractivity contribution in [3.8, 4) is 0 Å². The Kier molecular flexibility index (Phi) is 5.12. The molecule has 0 radical (unpaired) electrons. The number of carboxylic acids is 1. The van der Waals surface area contributed by atoms with Crippen LogP contribution in [0.25, 0.3) is 0 Å². The molecule has 2 atom stereocenters. The number of nitrogens with one attached hydrogen (secondary N) is 1. The van der Waals surface area contributed by atoms with E-state index in [1.54, 1.807) is 13.8 Å². The Morgan fingerprint density at radius 1 is 1.50 bits per heavy atom. The minimum atomic E-state index is -0.725. The molecule has 1 fully saturated rings. The van der Waals surface area contributed by atoms with Crippen molar-refractivity contribution in [2.24, 2.45) is 5.41 Å². The Balaban J connectivity index is 2.35. The van der Waals surface area contributed by atoms with Crippen molar-refractivity contribution in [1.29, 1.82) is 0 Å². The van der Waals surface area contributed by atoms with Gasteiger partial charge in [0.1, 0.15) is 0 Å². The molecule has 0 aliphatic heterocycles. The van der Waals surface area contributed by atoms with E-state index in [4.69, 9.17) is 5.11 Å². The molecule has 0 spiro atoms. The molecule has 0 aromatic rings. The molecule has 16 heavy (non-hydrogen) atoms. The first kappa shape index (κ1) is 13.8. The summed E-state index contributed by atoms with van der Waals surface area (Å²) >= 11 is 1.93. The molecule has 94 valence electrons. The summed E-state index contributed by atoms with van der Waals surface area (Å²) in [6.45, 7) is 4.11. The average molecular weight is 245 g/mol. The second kappa shape index (κ2) is 5.92. The molecule has 0 bridgehead atoms. The molecule has 0 aromatic heterocycles. The highest BCUT2D eigenvalue weighted by molar-refractivity contribution is 7.99. The fourth-order valence-electron chi connectivity index (χ4n) is 2.02. The highest BCUT2D eigenvalue weighted by Crippen LogP contribution is 2.27. The van der Waals surface area contributed by atoms with Crippen LogP contribution >= 0.6 is 11.8 Å². The van der Waals surface area contributed by atoms with E-state index in [0.717, 1.165) is 5.25 Å². The third-order valence-corrected chi connectivity index (χ3v) is 4.47. The van der Waals surface area contributed by atoms with E-state index in [-0.39, 0.29) is 0 Å². The smallest absolute Gasteiger partial charge is 0.310 e. The number of hydrogen-bond donors (Lipinski definition) is 2. The van der Waals surface area contributed by atoms with Gasteiger partial charge < -0.3 is 10.4 Å². The lowest BCUT2D eigenvalue weighted by Crippen LogP contribution is -2.43. The SMILES string of the molecule is CSC1CCCC(NCC(C)(C)C(=O)O)C1. The van der Waals surface area contributed by atoms with Crippen LogP contribution < -0.4 is 5.32 Å². The summed E-state index contributed by atoms with van der Waals surface area (Å²) in [6.07, 6.45) is 7.09. The molecule has 0 aromatic carbocycles. The van der Waals surface area contributed by atoms with Crippen molar-refractivity contribution in [2.75, 3.05) is 12.8 Å². The van der Waals surface area contributed by atoms with Gasteiger partial charge in [-0.15, -0.1) is 0 Å². The predicted molar refractivity (Wildman–Crippen MR) is 69.0 cm³/mol. The summed E-state index contributed by atoms with van der Waals surface area (Å²) in [6, 6.07) is 0.504. The third kappa shape index (κ3) is 3.98. The van der Waals surface area contributed by atoms with Gasteiger partial charge in [0.05, 0.1) is 5.41 Å². The second-order valence-electron chi connectivity index (χ2n) is 5.29. The van der Waals surface area contributed by atoms with Crippen LogP contribution in [0.5, 0.6) is 0 Å². The maximum Gasteiger partial charge on any atom is 0.310 e. The van der Waals surface area contributed by atoms with Gasteiger partial charge in [0.25, 0.3) is 0 Å². The molecule has 1 saturated carbocycles. The summed E-state index contributed by atoms with van der Waals surface area (Å²) in [5, 5.41) is 13.2. The molecule has 1 rings (SSSR count). The van der Waals surface area contributed by atoms with Crippen molar-refractivity contribution in [3.63, 3.8) is 0 Å². The van der Waals surface area contributed by atoms with Crippen molar-refractivity contribution >= 4 is 17.7 Å². The van der Waals surface area contributed by atoms with Gasteiger partial charge in [-0.3, -0.25) is 4.79 Å². The third-order valence-electron chi connectivity index (χ3n) is 3.37. The summed E-state index contributed by atoms with van der Waals surface area (Å²) in [7, 11) is 0. The van der Waals surface area contributed by atoms with Gasteiger partial charge in [0, 0.05) is 17.8 Å². The standard InChI is InChI=1S/C12H23NO2S/c1-12(2,11(14)15)8-13-9-5-4-6-10(7-9)16-3/h9-10,13H,4-8H2,1-3H3,(H,14,15). The first-order valence-electron chi connectivity index (χ1n) is 5.95. The molecular weight excluding hydrogens is 222 g/mol. The lowest BCUT2D eigenvalue weighted by Gasteiger charge is -2.31. The lowest BCUT2D eigenvalue weighted by atomic mass is 9.90. The van der Waals surface area contributed by atoms with Gasteiger partial charge in [-0.05, 0) is 39.4 Å². The largest absolute Gasteiger partial charge is 0.481 e. The number of carbonyl (C=O) groups is 1. The Morgan fingerprint density at radius 3 is 2.75 bits per heavy atom. The zero-order chi connectivity index (χ0) is 12.2. The lowest BCUT2D eigenvalue weighted by molar-refractivity contribution is -0.146. The number of aliphatic carboxylic acids is 1. The van der Waals surface area contributed by atoms with Crippen LogP contribution in [-0.2, 0) is 4.79 Å². The van der Waals surface area contributed by atoms with E-state index in [1.807, 2.05) is 11.8 Å². The second-order valence-corrected chi connectivity index (χ2v) is 6.43. The fourth-order valence-corrected chi connectivity index (χ4v) is 2.85. The van der Waals surface area contributed by atoms with Crippen molar-refractivity contribution in [3.05, 3.63) is 0 Å². The zero-order valence-corrected chi connectivity index (χ0v) is 11.3. The fraction of sp³-hybridized carbons (Fsp3) is 0.917. The number of hydrogen-bond acceptors (Lipinski definition) is 3. The van der Waals surface area contributed by atoms with Crippen LogP contribution in [0, 0.1) is 5.41 Å². The summed E-state index contributed by atoms with van der Waals surface area (Å²) in [5.74, 6) is -0.725. The number of rotatable bonds is 5. The van der Waals surface area contributed by atoms with Crippen LogP contribution in [0.3, 0.4) is 0 Å². The monoisotopic (exact) mass is 245 g/mol. The molecule has 1 aliphatic carbocycles. The molecule has 4 heteroatoms. The molecule has 2 unspecified atom stereocenters. The van der Waals surface area contributed by atoms with Crippen LogP contribution in [0.15, 0.2) is 0 Å². The topological polar surface area (TPSA) is 49.3 Å². The van der Waals surface area contributed by atoms with E-state index < -0.39 is 11.4 Å². The average Bonchev–Trinajstić information content (AvgIpc) is 2.26. The van der Waals surface area contributed by atoms with E-state index in [0.29, 0.717) is 12.6 Å². The molecule has 0 heterocycles. The van der Waals surface area contributed by atoms with Crippen LogP contribution in [0.1, 0.15) is 39.5 Å². The van der Waals surface area contributed by atoms with Gasteiger partial charge in [0.2, 0.25) is 0 Å². The van der Waals surface area contributed by atoms with E-state index in [1.165, 1.54) is 25.7 Å². The molecule has 3 nitrogen and oxygen atoms in total. The molecule has 0 amide bonds. The van der Waals surface area contributed by atoms with Crippen molar-refractivity contribution in [1.82, 2.24) is 5.32 Å². The minimum absolute atomic E-state index is 0.504. The van der Waals surface area contributed by atoms with E-state index >= 15 is 0 Å². The number of thioether (sulfide) groups is 1. The summed E-state index contributed by atoms with van der Waals surface area (Å²) in [5.41, 5.74) is -0.660. The van der Waals surface area contributed by atoms with Gasteiger partial charge in [-0.25, -0.2) is 0 Å². The van der Waals surface area contributed by atoms with E-state index in [2.05, 4.69) is 11.6 Å². The Bertz CT molecular complexity index is 243. The Morgan fingerprint density at radius 2 is 2.19 bits per heavy atom. The Labute approximate surface area is 102 Å². The first-order valence-corrected chi connectivity index (χ1v) is 7.24. The number of carboxylic acid groups (broad SMARTS) is 1. The van der Waals surface area contributed by atoms with Crippen LogP contribution in [-0.4, -0.2) is 35.2 Å². The molecule has 2 N–H and O–H groups in total. The van der Waals surface area contributed by atoms with Gasteiger partial charge in [-0.2, -0.15) is 11.8 Å². The maximum absolute atomic E-state index is 11.0. The highest BCUT2D eigenvalue weighted by Gasteiger charge is 2.29. The highest BCUT2D eigenvalue weighted by atomic mass is 32.2. The Hall–Kier alpha value is -0.220. The van der Waals surface area contributed by atoms with Crippen LogP contribution in [0.4, 0.5) is 0 Å². The van der Waals surface area contributed by atoms with Crippen molar-refractivity contribution < 1.29 is 9.90 Å². The van der Waals surface area contributed by atoms with Gasteiger partial charge >= 0.3 is 5.97 Å². The molecule has 1 aliphatic rings. The van der Waals surface area contributed by atoms with E-state index in [9.17, 15) is 4.79 Å². The maximum atomic E-state index is 11.0. The minimum Gasteiger partial charge on any atom is -0.481 e. The van der Waals surface area contributed by atoms with Gasteiger partial charge in [-0.1, -0.05) is 6.42 Å². The molecule has 0 saturated heterocycles. The molecular formula is C12H23NO2S. The van der Waals surface area contributed by atoms with Crippen LogP contribution in [0.2, 0.25) is 0 Å². The normalized spacial score (nSPS) is 26.7.